The number of aliphatic hydroxyl groups excluding tert-OH is 1. The van der Waals surface area contributed by atoms with E-state index in [9.17, 15) is 5.11 Å². The van der Waals surface area contributed by atoms with Crippen LogP contribution in [0.1, 0.15) is 130 Å². The second kappa shape index (κ2) is 19.9. The first kappa shape index (κ1) is 47.6. The molecular formula is C55H76O7. The smallest absolute Gasteiger partial charge is 0.125 e. The van der Waals surface area contributed by atoms with E-state index >= 15 is 0 Å². The van der Waals surface area contributed by atoms with E-state index in [1.807, 2.05) is 0 Å². The molecule has 2 saturated heterocycles. The van der Waals surface area contributed by atoms with Crippen molar-refractivity contribution in [3.63, 3.8) is 0 Å². The summed E-state index contributed by atoms with van der Waals surface area (Å²) in [6.07, 6.45) is 4.76. The third-order valence-electron chi connectivity index (χ3n) is 15.1. The topological polar surface area (TPSA) is 82.2 Å². The van der Waals surface area contributed by atoms with E-state index in [-0.39, 0.29) is 19.3 Å². The maximum Gasteiger partial charge on any atom is 0.125 e. The Morgan fingerprint density at radius 3 is 1.08 bits per heavy atom. The van der Waals surface area contributed by atoms with Crippen LogP contribution in [0.2, 0.25) is 0 Å². The van der Waals surface area contributed by atoms with E-state index in [4.69, 9.17) is 28.4 Å². The second-order valence-corrected chi connectivity index (χ2v) is 18.8. The lowest BCUT2D eigenvalue weighted by molar-refractivity contribution is 0.0616. The van der Waals surface area contributed by atoms with E-state index in [0.717, 1.165) is 98.0 Å². The number of ether oxygens (including phenoxy) is 6. The fraction of sp³-hybridized carbons (Fsp3) is 0.564. The molecule has 7 nitrogen and oxygen atoms in total. The molecule has 2 aliphatic heterocycles. The lowest BCUT2D eigenvalue weighted by atomic mass is 9.82. The molecule has 4 aromatic rings. The maximum atomic E-state index is 11.3. The van der Waals surface area contributed by atoms with E-state index < -0.39 is 6.10 Å². The molecule has 3 atom stereocenters. The minimum Gasteiger partial charge on any atom is -0.490 e. The van der Waals surface area contributed by atoms with E-state index in [2.05, 4.69) is 111 Å². The minimum atomic E-state index is -0.795. The standard InChI is InChI=1S/C55H76O7/c1-29-31(3)49(32(4)30(2)48(29)19-17-18-20-57-25-46-26-58-46)21-50-33(5)39(11)53(40(12)34(50)6)60-23-45(56)24-61-54-41(13)35(7)51(36(8)42(54)14)22-52-37(9)43(15)55(44(16)38(52)10)62-28-47-27-59-47/h45-47,56H,17-28H2,1-16H3. The van der Waals surface area contributed by atoms with Crippen molar-refractivity contribution in [1.29, 1.82) is 0 Å². The highest BCUT2D eigenvalue weighted by molar-refractivity contribution is 5.60. The molecule has 0 radical (unpaired) electrons. The van der Waals surface area contributed by atoms with Crippen LogP contribution in [0.5, 0.6) is 17.2 Å². The third kappa shape index (κ3) is 10.1. The average molecular weight is 849 g/mol. The third-order valence-corrected chi connectivity index (χ3v) is 15.1. The molecule has 62 heavy (non-hydrogen) atoms. The summed E-state index contributed by atoms with van der Waals surface area (Å²) in [7, 11) is 0. The molecular weight excluding hydrogens is 773 g/mol. The SMILES string of the molecule is Cc1c(C)c(Cc2c(C)c(C)c(OCC(O)COc3c(C)c(C)c(Cc4c(C)c(C)c(OCC5CO5)c(C)c4C)c(C)c3C)c(C)c2C)c(C)c(C)c1CCCCOCC1CO1. The summed E-state index contributed by atoms with van der Waals surface area (Å²) in [6.45, 7) is 39.5. The number of rotatable bonds is 20. The second-order valence-electron chi connectivity index (χ2n) is 18.8. The minimum absolute atomic E-state index is 0.148. The summed E-state index contributed by atoms with van der Waals surface area (Å²) < 4.78 is 35.6. The van der Waals surface area contributed by atoms with Crippen LogP contribution in [0.3, 0.4) is 0 Å². The van der Waals surface area contributed by atoms with Crippen molar-refractivity contribution in [3.8, 4) is 17.2 Å². The van der Waals surface area contributed by atoms with Crippen LogP contribution in [0.4, 0.5) is 0 Å². The van der Waals surface area contributed by atoms with Crippen molar-refractivity contribution >= 4 is 0 Å². The highest BCUT2D eigenvalue weighted by Crippen LogP contribution is 2.40. The molecule has 3 unspecified atom stereocenters. The molecule has 7 heteroatoms. The van der Waals surface area contributed by atoms with E-state index in [1.54, 1.807) is 0 Å². The molecule has 0 bridgehead atoms. The van der Waals surface area contributed by atoms with E-state index in [0.29, 0.717) is 12.7 Å². The number of epoxide rings is 2. The first-order valence-corrected chi connectivity index (χ1v) is 23.1. The molecule has 2 aliphatic rings. The number of hydrogen-bond acceptors (Lipinski definition) is 7. The zero-order chi connectivity index (χ0) is 45.3. The Labute approximate surface area is 373 Å². The Morgan fingerprint density at radius 2 is 0.726 bits per heavy atom. The van der Waals surface area contributed by atoms with Gasteiger partial charge in [0.1, 0.15) is 55.4 Å². The van der Waals surface area contributed by atoms with Gasteiger partial charge < -0.3 is 33.5 Å². The van der Waals surface area contributed by atoms with Crippen molar-refractivity contribution in [3.05, 3.63) is 117 Å². The Kier molecular flexibility index (Phi) is 15.3. The summed E-state index contributed by atoms with van der Waals surface area (Å²) in [4.78, 5) is 0. The molecule has 0 amide bonds. The highest BCUT2D eigenvalue weighted by atomic mass is 16.6. The number of benzene rings is 4. The van der Waals surface area contributed by atoms with Gasteiger partial charge in [0.2, 0.25) is 0 Å². The fourth-order valence-electron chi connectivity index (χ4n) is 9.61. The predicted molar refractivity (Wildman–Crippen MR) is 253 cm³/mol. The van der Waals surface area contributed by atoms with Gasteiger partial charge in [0.25, 0.3) is 0 Å². The zero-order valence-electron chi connectivity index (χ0n) is 41.1. The lowest BCUT2D eigenvalue weighted by Crippen LogP contribution is -2.26. The Morgan fingerprint density at radius 1 is 0.419 bits per heavy atom. The van der Waals surface area contributed by atoms with Crippen LogP contribution in [0, 0.1) is 111 Å². The first-order valence-electron chi connectivity index (χ1n) is 23.1. The average Bonchev–Trinajstić information content (AvgIpc) is 4.20. The van der Waals surface area contributed by atoms with Gasteiger partial charge in [-0.3, -0.25) is 0 Å². The normalized spacial score (nSPS) is 16.2. The quantitative estimate of drug-likeness (QED) is 0.0701. The molecule has 0 spiro atoms. The zero-order valence-corrected chi connectivity index (χ0v) is 41.1. The van der Waals surface area contributed by atoms with Crippen LogP contribution < -0.4 is 14.2 Å². The van der Waals surface area contributed by atoms with Gasteiger partial charge in [0, 0.05) is 6.61 Å². The van der Waals surface area contributed by atoms with Gasteiger partial charge in [-0.25, -0.2) is 0 Å². The summed E-state index contributed by atoms with van der Waals surface area (Å²) in [5.74, 6) is 2.71. The van der Waals surface area contributed by atoms with Crippen molar-refractivity contribution in [2.24, 2.45) is 0 Å². The van der Waals surface area contributed by atoms with Gasteiger partial charge in [0.15, 0.2) is 0 Å². The highest BCUT2D eigenvalue weighted by Gasteiger charge is 2.27. The molecule has 338 valence electrons. The summed E-state index contributed by atoms with van der Waals surface area (Å²) in [5, 5.41) is 11.3. The predicted octanol–water partition coefficient (Wildman–Crippen LogP) is 11.1. The van der Waals surface area contributed by atoms with Gasteiger partial charge in [-0.2, -0.15) is 0 Å². The molecule has 0 saturated carbocycles. The Balaban J connectivity index is 1.11. The summed E-state index contributed by atoms with van der Waals surface area (Å²) in [6, 6.07) is 0. The summed E-state index contributed by atoms with van der Waals surface area (Å²) in [5.41, 5.74) is 27.1. The number of unbranched alkanes of at least 4 members (excludes halogenated alkanes) is 1. The van der Waals surface area contributed by atoms with Crippen LogP contribution in [0.15, 0.2) is 0 Å². The molecule has 1 N–H and O–H groups in total. The molecule has 2 heterocycles. The van der Waals surface area contributed by atoms with Crippen LogP contribution in [-0.4, -0.2) is 69.7 Å². The molecule has 0 aromatic heterocycles. The van der Waals surface area contributed by atoms with Gasteiger partial charge in [-0.1, -0.05) is 0 Å². The van der Waals surface area contributed by atoms with Crippen molar-refractivity contribution in [2.45, 2.75) is 161 Å². The van der Waals surface area contributed by atoms with Crippen LogP contribution in [0.25, 0.3) is 0 Å². The van der Waals surface area contributed by atoms with Gasteiger partial charge >= 0.3 is 0 Å². The maximum absolute atomic E-state index is 11.3. The largest absolute Gasteiger partial charge is 0.490 e. The molecule has 2 fully saturated rings. The van der Waals surface area contributed by atoms with Gasteiger partial charge in [0.05, 0.1) is 19.8 Å². The lowest BCUT2D eigenvalue weighted by Gasteiger charge is -2.26. The molecule has 4 aromatic carbocycles. The van der Waals surface area contributed by atoms with Crippen molar-refractivity contribution in [1.82, 2.24) is 0 Å². The summed E-state index contributed by atoms with van der Waals surface area (Å²) >= 11 is 0. The monoisotopic (exact) mass is 849 g/mol. The van der Waals surface area contributed by atoms with Gasteiger partial charge in [-0.05, 0) is 260 Å². The fourth-order valence-corrected chi connectivity index (χ4v) is 9.61. The Hall–Kier alpha value is -3.88. The van der Waals surface area contributed by atoms with Crippen LogP contribution in [-0.2, 0) is 33.5 Å². The van der Waals surface area contributed by atoms with E-state index in [1.165, 1.54) is 94.6 Å². The number of hydrogen-bond donors (Lipinski definition) is 1. The van der Waals surface area contributed by atoms with Crippen LogP contribution >= 0.6 is 0 Å². The van der Waals surface area contributed by atoms with Gasteiger partial charge in [-0.15, -0.1) is 0 Å². The first-order chi connectivity index (χ1) is 29.3. The number of aliphatic hydroxyl groups is 1. The molecule has 6 rings (SSSR count). The molecule has 0 aliphatic carbocycles. The van der Waals surface area contributed by atoms with Crippen molar-refractivity contribution < 1.29 is 33.5 Å². The Bertz CT molecular complexity index is 2190. The van der Waals surface area contributed by atoms with Crippen molar-refractivity contribution in [2.75, 3.05) is 46.2 Å².